The molecule has 2 aromatic carbocycles. The molecule has 1 amide bonds. The molecule has 3 heteroatoms. The van der Waals surface area contributed by atoms with Crippen LogP contribution in [0.2, 0.25) is 0 Å². The van der Waals surface area contributed by atoms with Crippen LogP contribution in [-0.4, -0.2) is 12.5 Å². The van der Waals surface area contributed by atoms with Crippen molar-refractivity contribution in [1.29, 1.82) is 0 Å². The number of hydrogen-bond donors (Lipinski definition) is 1. The summed E-state index contributed by atoms with van der Waals surface area (Å²) in [6.45, 7) is 4.57. The van der Waals surface area contributed by atoms with Gasteiger partial charge >= 0.3 is 0 Å². The molecule has 0 aliphatic heterocycles. The van der Waals surface area contributed by atoms with Crippen molar-refractivity contribution >= 4 is 5.91 Å². The minimum Gasteiger partial charge on any atom is -0.493 e. The fourth-order valence-electron chi connectivity index (χ4n) is 2.27. The molecule has 0 heterocycles. The van der Waals surface area contributed by atoms with Crippen molar-refractivity contribution in [3.05, 3.63) is 65.7 Å². The molecule has 1 unspecified atom stereocenters. The van der Waals surface area contributed by atoms with E-state index < -0.39 is 0 Å². The van der Waals surface area contributed by atoms with E-state index in [0.717, 1.165) is 16.9 Å². The summed E-state index contributed by atoms with van der Waals surface area (Å²) < 4.78 is 5.70. The topological polar surface area (TPSA) is 38.3 Å². The standard InChI is InChI=1S/C19H23NO2/c1-15-9-6-7-12-18(15)22-14-8-13-19(21)20-16(2)17-10-4-3-5-11-17/h3-7,9-12,16H,8,13-14H2,1-2H3,(H,20,21). The van der Waals surface area contributed by atoms with Crippen molar-refractivity contribution in [1.82, 2.24) is 5.32 Å². The van der Waals surface area contributed by atoms with Crippen LogP contribution in [-0.2, 0) is 4.79 Å². The number of nitrogens with one attached hydrogen (secondary N) is 1. The van der Waals surface area contributed by atoms with E-state index in [1.165, 1.54) is 0 Å². The lowest BCUT2D eigenvalue weighted by molar-refractivity contribution is -0.121. The van der Waals surface area contributed by atoms with E-state index in [1.807, 2.05) is 68.4 Å². The van der Waals surface area contributed by atoms with E-state index in [2.05, 4.69) is 5.32 Å². The highest BCUT2D eigenvalue weighted by molar-refractivity contribution is 5.76. The first-order chi connectivity index (χ1) is 10.7. The molecule has 0 aliphatic rings. The van der Waals surface area contributed by atoms with Gasteiger partial charge in [0.05, 0.1) is 12.6 Å². The number of para-hydroxylation sites is 1. The van der Waals surface area contributed by atoms with Gasteiger partial charge in [-0.2, -0.15) is 0 Å². The first kappa shape index (κ1) is 16.1. The van der Waals surface area contributed by atoms with Crippen molar-refractivity contribution in [2.75, 3.05) is 6.61 Å². The highest BCUT2D eigenvalue weighted by Gasteiger charge is 2.08. The van der Waals surface area contributed by atoms with E-state index in [1.54, 1.807) is 0 Å². The van der Waals surface area contributed by atoms with Gasteiger partial charge in [0.15, 0.2) is 0 Å². The third-order valence-corrected chi connectivity index (χ3v) is 3.58. The molecular weight excluding hydrogens is 274 g/mol. The monoisotopic (exact) mass is 297 g/mol. The number of benzene rings is 2. The van der Waals surface area contributed by atoms with Crippen LogP contribution in [0.1, 0.15) is 36.9 Å². The summed E-state index contributed by atoms with van der Waals surface area (Å²) in [5.74, 6) is 0.949. The molecular formula is C19H23NO2. The zero-order valence-corrected chi connectivity index (χ0v) is 13.2. The molecule has 116 valence electrons. The van der Waals surface area contributed by atoms with Crippen LogP contribution in [0.25, 0.3) is 0 Å². The average molecular weight is 297 g/mol. The zero-order valence-electron chi connectivity index (χ0n) is 13.2. The third-order valence-electron chi connectivity index (χ3n) is 3.58. The molecule has 3 nitrogen and oxygen atoms in total. The molecule has 0 bridgehead atoms. The van der Waals surface area contributed by atoms with Crippen molar-refractivity contribution in [2.45, 2.75) is 32.7 Å². The van der Waals surface area contributed by atoms with Gasteiger partial charge in [-0.25, -0.2) is 0 Å². The Morgan fingerprint density at radius 2 is 1.77 bits per heavy atom. The largest absolute Gasteiger partial charge is 0.493 e. The van der Waals surface area contributed by atoms with Crippen LogP contribution >= 0.6 is 0 Å². The molecule has 2 aromatic rings. The Hall–Kier alpha value is -2.29. The first-order valence-corrected chi connectivity index (χ1v) is 7.69. The third kappa shape index (κ3) is 4.92. The van der Waals surface area contributed by atoms with Crippen LogP contribution in [0.4, 0.5) is 0 Å². The average Bonchev–Trinajstić information content (AvgIpc) is 2.54. The Labute approximate surface area is 132 Å². The lowest BCUT2D eigenvalue weighted by atomic mass is 10.1. The Morgan fingerprint density at radius 3 is 2.50 bits per heavy atom. The molecule has 2 rings (SSSR count). The Morgan fingerprint density at radius 1 is 1.09 bits per heavy atom. The summed E-state index contributed by atoms with van der Waals surface area (Å²) in [4.78, 5) is 11.9. The minimum absolute atomic E-state index is 0.0333. The summed E-state index contributed by atoms with van der Waals surface area (Å²) in [6.07, 6.45) is 1.19. The zero-order chi connectivity index (χ0) is 15.8. The van der Waals surface area contributed by atoms with Gasteiger partial charge in [0, 0.05) is 6.42 Å². The van der Waals surface area contributed by atoms with Gasteiger partial charge in [0.2, 0.25) is 5.91 Å². The summed E-state index contributed by atoms with van der Waals surface area (Å²) in [5.41, 5.74) is 2.23. The van der Waals surface area contributed by atoms with Gasteiger partial charge in [-0.1, -0.05) is 48.5 Å². The molecule has 1 N–H and O–H groups in total. The number of rotatable bonds is 7. The molecule has 1 atom stereocenters. The molecule has 0 radical (unpaired) electrons. The second-order valence-electron chi connectivity index (χ2n) is 5.42. The molecule has 0 saturated carbocycles. The molecule has 0 aromatic heterocycles. The molecule has 0 aliphatic carbocycles. The number of carbonyl (C=O) groups excluding carboxylic acids is 1. The summed E-state index contributed by atoms with van der Waals surface area (Å²) in [5, 5.41) is 3.01. The highest BCUT2D eigenvalue weighted by Crippen LogP contribution is 2.16. The smallest absolute Gasteiger partial charge is 0.220 e. The van der Waals surface area contributed by atoms with Crippen LogP contribution in [0.5, 0.6) is 5.75 Å². The fraction of sp³-hybridized carbons (Fsp3) is 0.316. The Balaban J connectivity index is 1.69. The van der Waals surface area contributed by atoms with Crippen LogP contribution < -0.4 is 10.1 Å². The maximum Gasteiger partial charge on any atom is 0.220 e. The predicted molar refractivity (Wildman–Crippen MR) is 88.9 cm³/mol. The van der Waals surface area contributed by atoms with Gasteiger partial charge in [-0.3, -0.25) is 4.79 Å². The molecule has 22 heavy (non-hydrogen) atoms. The van der Waals surface area contributed by atoms with Gasteiger partial charge < -0.3 is 10.1 Å². The van der Waals surface area contributed by atoms with Crippen molar-refractivity contribution in [2.24, 2.45) is 0 Å². The lowest BCUT2D eigenvalue weighted by Crippen LogP contribution is -2.26. The van der Waals surface area contributed by atoms with Gasteiger partial charge in [-0.05, 0) is 37.5 Å². The van der Waals surface area contributed by atoms with E-state index in [4.69, 9.17) is 4.74 Å². The van der Waals surface area contributed by atoms with Gasteiger partial charge in [-0.15, -0.1) is 0 Å². The van der Waals surface area contributed by atoms with E-state index in [9.17, 15) is 4.79 Å². The molecule has 0 fully saturated rings. The molecule has 0 saturated heterocycles. The van der Waals surface area contributed by atoms with Crippen LogP contribution in [0.15, 0.2) is 54.6 Å². The summed E-state index contributed by atoms with van der Waals surface area (Å²) in [7, 11) is 0. The summed E-state index contributed by atoms with van der Waals surface area (Å²) >= 11 is 0. The minimum atomic E-state index is 0.0333. The van der Waals surface area contributed by atoms with E-state index >= 15 is 0 Å². The number of carbonyl (C=O) groups is 1. The van der Waals surface area contributed by atoms with Gasteiger partial charge in [0.25, 0.3) is 0 Å². The summed E-state index contributed by atoms with van der Waals surface area (Å²) in [6, 6.07) is 17.9. The highest BCUT2D eigenvalue weighted by atomic mass is 16.5. The van der Waals surface area contributed by atoms with E-state index in [0.29, 0.717) is 19.4 Å². The molecule has 0 spiro atoms. The Kier molecular flexibility index (Phi) is 6.01. The van der Waals surface area contributed by atoms with Crippen LogP contribution in [0, 0.1) is 6.92 Å². The van der Waals surface area contributed by atoms with Crippen molar-refractivity contribution < 1.29 is 9.53 Å². The second-order valence-corrected chi connectivity index (χ2v) is 5.42. The first-order valence-electron chi connectivity index (χ1n) is 7.69. The Bertz CT molecular complexity index is 595. The quantitative estimate of drug-likeness (QED) is 0.784. The second kappa shape index (κ2) is 8.23. The van der Waals surface area contributed by atoms with Gasteiger partial charge in [0.1, 0.15) is 5.75 Å². The fourth-order valence-corrected chi connectivity index (χ4v) is 2.27. The number of amides is 1. The van der Waals surface area contributed by atoms with Crippen molar-refractivity contribution in [3.8, 4) is 5.75 Å². The lowest BCUT2D eigenvalue weighted by Gasteiger charge is -2.14. The van der Waals surface area contributed by atoms with Crippen LogP contribution in [0.3, 0.4) is 0 Å². The van der Waals surface area contributed by atoms with Crippen molar-refractivity contribution in [3.63, 3.8) is 0 Å². The normalized spacial score (nSPS) is 11.7. The predicted octanol–water partition coefficient (Wildman–Crippen LogP) is 4.03. The number of ether oxygens (including phenoxy) is 1. The number of aryl methyl sites for hydroxylation is 1. The maximum absolute atomic E-state index is 11.9. The maximum atomic E-state index is 11.9. The van der Waals surface area contributed by atoms with E-state index in [-0.39, 0.29) is 11.9 Å². The SMILES string of the molecule is Cc1ccccc1OCCCC(=O)NC(C)c1ccccc1. The number of hydrogen-bond acceptors (Lipinski definition) is 2.